The second kappa shape index (κ2) is 8.27. The maximum Gasteiger partial charge on any atom is 0.0462 e. The molecule has 138 valence electrons. The fourth-order valence-electron chi connectivity index (χ4n) is 3.53. The Bertz CT molecular complexity index is 911. The van der Waals surface area contributed by atoms with Crippen LogP contribution in [0.3, 0.4) is 0 Å². The molecular weight excluding hydrogens is 316 g/mol. The van der Waals surface area contributed by atoms with E-state index in [0.717, 1.165) is 0 Å². The van der Waals surface area contributed by atoms with Crippen LogP contribution in [0, 0.1) is 0 Å². The Balaban J connectivity index is 0.000000570. The van der Waals surface area contributed by atoms with E-state index in [4.69, 9.17) is 0 Å². The second-order valence-electron chi connectivity index (χ2n) is 6.38. The standard InChI is InChI=1S/C20H20N2.2C2H6/c1-21(2)17-12-18(22(3)4)16-11-9-14-7-5-6-13-8-10-15(17)20(16)19(13)14;2*1-2/h5-12H,1-4H3;2*1-2H3. The highest BCUT2D eigenvalue weighted by molar-refractivity contribution is 6.27. The van der Waals surface area contributed by atoms with E-state index in [2.05, 4.69) is 86.5 Å². The Hall–Kier alpha value is -2.48. The molecule has 2 heteroatoms. The molecule has 0 heterocycles. The van der Waals surface area contributed by atoms with Crippen molar-refractivity contribution in [1.82, 2.24) is 0 Å². The first-order valence-electron chi connectivity index (χ1n) is 9.63. The van der Waals surface area contributed by atoms with Gasteiger partial charge in [-0.05, 0) is 22.2 Å². The zero-order valence-corrected chi connectivity index (χ0v) is 17.5. The molecule has 4 rings (SSSR count). The molecule has 0 fully saturated rings. The normalized spacial score (nSPS) is 10.3. The maximum atomic E-state index is 2.29. The van der Waals surface area contributed by atoms with Crippen LogP contribution in [0.1, 0.15) is 27.7 Å². The molecular formula is C24H32N2. The van der Waals surface area contributed by atoms with Gasteiger partial charge in [-0.2, -0.15) is 0 Å². The van der Waals surface area contributed by atoms with Crippen LogP contribution in [-0.2, 0) is 0 Å². The first kappa shape index (κ1) is 19.8. The van der Waals surface area contributed by atoms with Crippen LogP contribution in [0.15, 0.2) is 48.5 Å². The minimum atomic E-state index is 1.27. The molecule has 0 radical (unpaired) electrons. The van der Waals surface area contributed by atoms with Crippen LogP contribution in [0.25, 0.3) is 32.3 Å². The van der Waals surface area contributed by atoms with E-state index in [0.29, 0.717) is 0 Å². The van der Waals surface area contributed by atoms with Crippen molar-refractivity contribution in [2.75, 3.05) is 38.0 Å². The van der Waals surface area contributed by atoms with Crippen LogP contribution >= 0.6 is 0 Å². The molecule has 0 aromatic heterocycles. The van der Waals surface area contributed by atoms with E-state index < -0.39 is 0 Å². The number of rotatable bonds is 2. The van der Waals surface area contributed by atoms with Crippen LogP contribution in [0.5, 0.6) is 0 Å². The van der Waals surface area contributed by atoms with Crippen molar-refractivity contribution in [2.45, 2.75) is 27.7 Å². The topological polar surface area (TPSA) is 6.48 Å². The van der Waals surface area contributed by atoms with Crippen molar-refractivity contribution >= 4 is 43.7 Å². The number of hydrogen-bond acceptors (Lipinski definition) is 2. The summed E-state index contributed by atoms with van der Waals surface area (Å²) in [5.41, 5.74) is 2.55. The van der Waals surface area contributed by atoms with Crippen LogP contribution in [0.2, 0.25) is 0 Å². The van der Waals surface area contributed by atoms with Gasteiger partial charge in [0.2, 0.25) is 0 Å². The van der Waals surface area contributed by atoms with Gasteiger partial charge >= 0.3 is 0 Å². The highest BCUT2D eigenvalue weighted by Crippen LogP contribution is 2.42. The van der Waals surface area contributed by atoms with Gasteiger partial charge in [0, 0.05) is 55.7 Å². The average Bonchev–Trinajstić information content (AvgIpc) is 2.68. The maximum absolute atomic E-state index is 2.29. The van der Waals surface area contributed by atoms with E-state index in [1.54, 1.807) is 0 Å². The largest absolute Gasteiger partial charge is 0.377 e. The Labute approximate surface area is 158 Å². The van der Waals surface area contributed by atoms with Gasteiger partial charge in [0.1, 0.15) is 0 Å². The monoisotopic (exact) mass is 348 g/mol. The third-order valence-corrected chi connectivity index (χ3v) is 4.57. The lowest BCUT2D eigenvalue weighted by atomic mass is 9.92. The SMILES string of the molecule is CC.CC.CN(C)c1cc(N(C)C)c2ccc3cccc4ccc1c2c43. The van der Waals surface area contributed by atoms with Gasteiger partial charge in [-0.3, -0.25) is 0 Å². The molecule has 0 atom stereocenters. The fraction of sp³-hybridized carbons (Fsp3) is 0.333. The van der Waals surface area contributed by atoms with E-state index in [1.807, 2.05) is 27.7 Å². The summed E-state index contributed by atoms with van der Waals surface area (Å²) in [4.78, 5) is 4.41. The summed E-state index contributed by atoms with van der Waals surface area (Å²) < 4.78 is 0. The van der Waals surface area contributed by atoms with Gasteiger partial charge in [0.05, 0.1) is 0 Å². The third kappa shape index (κ3) is 3.16. The van der Waals surface area contributed by atoms with Gasteiger partial charge < -0.3 is 9.80 Å². The average molecular weight is 349 g/mol. The molecule has 0 unspecified atom stereocenters. The molecule has 0 spiro atoms. The Kier molecular flexibility index (Phi) is 6.31. The van der Waals surface area contributed by atoms with E-state index in [-0.39, 0.29) is 0 Å². The van der Waals surface area contributed by atoms with Crippen molar-refractivity contribution in [2.24, 2.45) is 0 Å². The molecule has 0 amide bonds. The summed E-state index contributed by atoms with van der Waals surface area (Å²) in [6.45, 7) is 8.00. The lowest BCUT2D eigenvalue weighted by molar-refractivity contribution is 1.12. The molecule has 0 aliphatic heterocycles. The Morgan fingerprint density at radius 3 is 1.35 bits per heavy atom. The molecule has 4 aromatic carbocycles. The first-order valence-corrected chi connectivity index (χ1v) is 9.63. The number of nitrogens with zero attached hydrogens (tertiary/aromatic N) is 2. The van der Waals surface area contributed by atoms with Crippen molar-refractivity contribution in [3.63, 3.8) is 0 Å². The predicted molar refractivity (Wildman–Crippen MR) is 121 cm³/mol. The summed E-state index contributed by atoms with van der Waals surface area (Å²) in [6, 6.07) is 17.9. The van der Waals surface area contributed by atoms with Crippen molar-refractivity contribution < 1.29 is 0 Å². The molecule has 0 aliphatic rings. The molecule has 2 nitrogen and oxygen atoms in total. The molecule has 4 aromatic rings. The number of benzene rings is 4. The van der Waals surface area contributed by atoms with Crippen molar-refractivity contribution in [3.8, 4) is 0 Å². The van der Waals surface area contributed by atoms with E-state index >= 15 is 0 Å². The predicted octanol–water partition coefficient (Wildman–Crippen LogP) is 6.77. The quantitative estimate of drug-likeness (QED) is 0.369. The van der Waals surface area contributed by atoms with E-state index in [9.17, 15) is 0 Å². The molecule has 0 N–H and O–H groups in total. The number of anilines is 2. The first-order chi connectivity index (χ1) is 12.6. The van der Waals surface area contributed by atoms with Gasteiger partial charge in [-0.1, -0.05) is 70.2 Å². The molecule has 0 saturated carbocycles. The smallest absolute Gasteiger partial charge is 0.0462 e. The van der Waals surface area contributed by atoms with Crippen LogP contribution in [0.4, 0.5) is 11.4 Å². The minimum Gasteiger partial charge on any atom is -0.377 e. The Morgan fingerprint density at radius 1 is 0.538 bits per heavy atom. The lowest BCUT2D eigenvalue weighted by Crippen LogP contribution is -2.13. The number of hydrogen-bond donors (Lipinski definition) is 0. The summed E-state index contributed by atoms with van der Waals surface area (Å²) in [5.74, 6) is 0. The fourth-order valence-corrected chi connectivity index (χ4v) is 3.53. The molecule has 0 bridgehead atoms. The summed E-state index contributed by atoms with van der Waals surface area (Å²) in [6.07, 6.45) is 0. The van der Waals surface area contributed by atoms with Crippen LogP contribution < -0.4 is 9.80 Å². The zero-order valence-electron chi connectivity index (χ0n) is 17.5. The van der Waals surface area contributed by atoms with Gasteiger partial charge in [0.15, 0.2) is 0 Å². The van der Waals surface area contributed by atoms with Gasteiger partial charge in [-0.25, -0.2) is 0 Å². The zero-order chi connectivity index (χ0) is 19.4. The summed E-state index contributed by atoms with van der Waals surface area (Å²) >= 11 is 0. The highest BCUT2D eigenvalue weighted by Gasteiger charge is 2.15. The molecule has 0 aliphatic carbocycles. The van der Waals surface area contributed by atoms with Gasteiger partial charge in [-0.15, -0.1) is 0 Å². The summed E-state index contributed by atoms with van der Waals surface area (Å²) in [5, 5.41) is 8.05. The second-order valence-corrected chi connectivity index (χ2v) is 6.38. The van der Waals surface area contributed by atoms with Crippen LogP contribution in [-0.4, -0.2) is 28.2 Å². The van der Waals surface area contributed by atoms with E-state index in [1.165, 1.54) is 43.7 Å². The van der Waals surface area contributed by atoms with Gasteiger partial charge in [0.25, 0.3) is 0 Å². The molecule has 0 saturated heterocycles. The third-order valence-electron chi connectivity index (χ3n) is 4.57. The summed E-state index contributed by atoms with van der Waals surface area (Å²) in [7, 11) is 8.47. The van der Waals surface area contributed by atoms with Crippen molar-refractivity contribution in [1.29, 1.82) is 0 Å². The van der Waals surface area contributed by atoms with Crippen molar-refractivity contribution in [3.05, 3.63) is 48.5 Å². The Morgan fingerprint density at radius 2 is 0.962 bits per heavy atom. The lowest BCUT2D eigenvalue weighted by Gasteiger charge is -2.24. The molecule has 26 heavy (non-hydrogen) atoms. The minimum absolute atomic E-state index is 1.27. The highest BCUT2D eigenvalue weighted by atomic mass is 15.1.